The fraction of sp³-hybridized carbons (Fsp3) is 0.333. The summed E-state index contributed by atoms with van der Waals surface area (Å²) in [5, 5.41) is 12.9. The summed E-state index contributed by atoms with van der Waals surface area (Å²) >= 11 is -1.61. The molecule has 0 saturated heterocycles. The van der Waals surface area contributed by atoms with Crippen LogP contribution in [0.4, 0.5) is 0 Å². The predicted octanol–water partition coefficient (Wildman–Crippen LogP) is 1.94. The quantitative estimate of drug-likeness (QED) is 0.818. The van der Waals surface area contributed by atoms with Crippen LogP contribution in [0.3, 0.4) is 0 Å². The molecule has 2 atom stereocenters. The summed E-state index contributed by atoms with van der Waals surface area (Å²) in [6.45, 7) is 3.60. The van der Waals surface area contributed by atoms with Gasteiger partial charge in [-0.05, 0) is 26.0 Å². The van der Waals surface area contributed by atoms with Gasteiger partial charge in [0, 0.05) is 11.8 Å². The third-order valence-electron chi connectivity index (χ3n) is 2.08. The van der Waals surface area contributed by atoms with Crippen LogP contribution in [0.1, 0.15) is 24.4 Å². The van der Waals surface area contributed by atoms with Crippen LogP contribution in [0.5, 0.6) is 0 Å². The van der Waals surface area contributed by atoms with E-state index in [4.69, 9.17) is 13.3 Å². The topological polar surface area (TPSA) is 96.5 Å². The van der Waals surface area contributed by atoms with Crippen LogP contribution in [0.15, 0.2) is 28.8 Å². The van der Waals surface area contributed by atoms with Crippen molar-refractivity contribution in [3.63, 3.8) is 0 Å². The van der Waals surface area contributed by atoms with Crippen molar-refractivity contribution in [2.75, 3.05) is 6.26 Å². The molecule has 0 amide bonds. The Kier molecular flexibility index (Phi) is 5.81. The van der Waals surface area contributed by atoms with Crippen LogP contribution < -0.4 is 0 Å². The van der Waals surface area contributed by atoms with Crippen molar-refractivity contribution < 1.29 is 18.4 Å². The minimum Gasteiger partial charge on any atom is -0.385 e. The fourth-order valence-corrected chi connectivity index (χ4v) is 1.30. The lowest BCUT2D eigenvalue weighted by Crippen LogP contribution is -1.92. The molecular weight excluding hydrogens is 268 g/mol. The maximum absolute atomic E-state index is 9.25. The average molecular weight is 284 g/mol. The number of aromatic nitrogens is 2. The van der Waals surface area contributed by atoms with Crippen LogP contribution in [0, 0.1) is 6.92 Å². The molecule has 6 nitrogen and oxygen atoms in total. The van der Waals surface area contributed by atoms with Gasteiger partial charge in [0.2, 0.25) is 0 Å². The maximum atomic E-state index is 9.25. The lowest BCUT2D eigenvalue weighted by atomic mass is 10.1. The van der Waals surface area contributed by atoms with Gasteiger partial charge < -0.3 is 14.2 Å². The summed E-state index contributed by atoms with van der Waals surface area (Å²) in [6.07, 6.45) is 0.493. The molecule has 2 rings (SSSR count). The molecule has 2 N–H and O–H groups in total. The lowest BCUT2D eigenvalue weighted by molar-refractivity contribution is 0.184. The highest BCUT2D eigenvalue weighted by molar-refractivity contribution is 7.78. The van der Waals surface area contributed by atoms with Gasteiger partial charge in [-0.1, -0.05) is 22.9 Å². The zero-order valence-electron chi connectivity index (χ0n) is 10.9. The molecule has 1 aromatic carbocycles. The Morgan fingerprint density at radius 2 is 2.05 bits per heavy atom. The number of hydrogen-bond acceptors (Lipinski definition) is 5. The van der Waals surface area contributed by atoms with Crippen molar-refractivity contribution in [2.24, 2.45) is 0 Å². The minimum absolute atomic E-state index is 0.312. The summed E-state index contributed by atoms with van der Waals surface area (Å²) in [5.74, 6) is 0.751. The van der Waals surface area contributed by atoms with Crippen LogP contribution in [-0.2, 0) is 11.1 Å². The number of hydrogen-bond donors (Lipinski definition) is 2. The molecule has 19 heavy (non-hydrogen) atoms. The van der Waals surface area contributed by atoms with E-state index in [1.807, 2.05) is 31.2 Å². The number of aliphatic hydroxyl groups is 1. The van der Waals surface area contributed by atoms with Crippen molar-refractivity contribution in [2.45, 2.75) is 20.0 Å². The number of nitrogens with zero attached hydrogens (tertiary/aromatic N) is 2. The maximum Gasteiger partial charge on any atom is 0.258 e. The second-order valence-corrected chi connectivity index (χ2v) is 4.77. The normalized spacial score (nSPS) is 13.3. The number of benzene rings is 1. The average Bonchev–Trinajstić information content (AvgIpc) is 2.77. The minimum atomic E-state index is -1.61. The Labute approximate surface area is 113 Å². The Morgan fingerprint density at radius 3 is 2.53 bits per heavy atom. The Balaban J connectivity index is 0.000000399. The van der Waals surface area contributed by atoms with Crippen LogP contribution in [-0.4, -0.2) is 30.3 Å². The summed E-state index contributed by atoms with van der Waals surface area (Å²) in [5.41, 5.74) is 2.00. The highest BCUT2D eigenvalue weighted by atomic mass is 32.2. The zero-order valence-corrected chi connectivity index (χ0v) is 11.7. The monoisotopic (exact) mass is 284 g/mol. The van der Waals surface area contributed by atoms with E-state index in [1.54, 1.807) is 6.92 Å². The molecule has 0 aliphatic heterocycles. The van der Waals surface area contributed by atoms with E-state index in [2.05, 4.69) is 10.1 Å². The van der Waals surface area contributed by atoms with Crippen LogP contribution in [0.2, 0.25) is 0 Å². The molecule has 0 aliphatic rings. The van der Waals surface area contributed by atoms with Gasteiger partial charge in [-0.25, -0.2) is 4.21 Å². The van der Waals surface area contributed by atoms with Gasteiger partial charge in [0.05, 0.1) is 0 Å². The molecule has 0 spiro atoms. The van der Waals surface area contributed by atoms with Crippen molar-refractivity contribution in [1.82, 2.24) is 10.1 Å². The fourth-order valence-electron chi connectivity index (χ4n) is 1.30. The summed E-state index contributed by atoms with van der Waals surface area (Å²) in [4.78, 5) is 4.09. The molecule has 7 heteroatoms. The third-order valence-corrected chi connectivity index (χ3v) is 2.08. The second-order valence-electron chi connectivity index (χ2n) is 3.93. The zero-order chi connectivity index (χ0) is 14.4. The van der Waals surface area contributed by atoms with Gasteiger partial charge in [0.25, 0.3) is 5.89 Å². The predicted molar refractivity (Wildman–Crippen MR) is 71.8 cm³/mol. The van der Waals surface area contributed by atoms with Crippen molar-refractivity contribution in [1.29, 1.82) is 0 Å². The van der Waals surface area contributed by atoms with E-state index in [-0.39, 0.29) is 0 Å². The Bertz CT molecular complexity index is 550. The van der Waals surface area contributed by atoms with E-state index in [1.165, 1.54) is 6.26 Å². The van der Waals surface area contributed by atoms with Gasteiger partial charge in [-0.3, -0.25) is 0 Å². The number of aliphatic hydroxyl groups excluding tert-OH is 1. The summed E-state index contributed by atoms with van der Waals surface area (Å²) in [6, 6.07) is 7.78. The van der Waals surface area contributed by atoms with Crippen LogP contribution >= 0.6 is 0 Å². The standard InChI is InChI=1S/C11H12N2O2.CH4O2S/c1-7-4-3-5-9(6-7)11-12-10(8(2)14)13-15-11;1-4(2)3/h3-6,8,14H,1-2H3;1H3,(H,2,3)/t8-;/m0./s1. The molecule has 1 heterocycles. The first-order valence-corrected chi connectivity index (χ1v) is 7.03. The number of aryl methyl sites for hydroxylation is 1. The van der Waals surface area contributed by atoms with E-state index < -0.39 is 17.2 Å². The molecule has 0 radical (unpaired) electrons. The molecular formula is C12H16N2O4S. The molecule has 0 saturated carbocycles. The third kappa shape index (κ3) is 5.29. The Hall–Kier alpha value is -1.57. The van der Waals surface area contributed by atoms with Gasteiger partial charge in [0.15, 0.2) is 5.82 Å². The molecule has 0 bridgehead atoms. The molecule has 0 fully saturated rings. The molecule has 104 valence electrons. The van der Waals surface area contributed by atoms with Gasteiger partial charge in [0.1, 0.15) is 17.2 Å². The van der Waals surface area contributed by atoms with E-state index in [0.717, 1.165) is 11.1 Å². The number of rotatable bonds is 2. The van der Waals surface area contributed by atoms with Crippen molar-refractivity contribution in [3.8, 4) is 11.5 Å². The summed E-state index contributed by atoms with van der Waals surface area (Å²) in [7, 11) is 0. The smallest absolute Gasteiger partial charge is 0.258 e. The van der Waals surface area contributed by atoms with Gasteiger partial charge in [-0.15, -0.1) is 0 Å². The van der Waals surface area contributed by atoms with Crippen molar-refractivity contribution >= 4 is 11.1 Å². The molecule has 0 aliphatic carbocycles. The van der Waals surface area contributed by atoms with E-state index in [9.17, 15) is 5.11 Å². The van der Waals surface area contributed by atoms with Crippen molar-refractivity contribution in [3.05, 3.63) is 35.7 Å². The van der Waals surface area contributed by atoms with E-state index >= 15 is 0 Å². The first kappa shape index (κ1) is 15.5. The molecule has 2 aromatic rings. The summed E-state index contributed by atoms with van der Waals surface area (Å²) < 4.78 is 21.7. The SMILES string of the molecule is CS(=O)O.Cc1cccc(-c2nc([C@H](C)O)no2)c1. The highest BCUT2D eigenvalue weighted by Crippen LogP contribution is 2.19. The lowest BCUT2D eigenvalue weighted by Gasteiger charge is -1.95. The van der Waals surface area contributed by atoms with E-state index in [0.29, 0.717) is 11.7 Å². The highest BCUT2D eigenvalue weighted by Gasteiger charge is 2.12. The molecule has 1 aromatic heterocycles. The second kappa shape index (κ2) is 7.13. The first-order chi connectivity index (χ1) is 8.90. The first-order valence-electron chi connectivity index (χ1n) is 5.51. The largest absolute Gasteiger partial charge is 0.385 e. The van der Waals surface area contributed by atoms with Gasteiger partial charge >= 0.3 is 0 Å². The van der Waals surface area contributed by atoms with Gasteiger partial charge in [-0.2, -0.15) is 4.98 Å². The van der Waals surface area contributed by atoms with Crippen LogP contribution in [0.25, 0.3) is 11.5 Å². The Morgan fingerprint density at radius 1 is 1.42 bits per heavy atom. The molecule has 1 unspecified atom stereocenters.